The van der Waals surface area contributed by atoms with Crippen molar-refractivity contribution in [2.45, 2.75) is 12.3 Å². The summed E-state index contributed by atoms with van der Waals surface area (Å²) in [6.45, 7) is -0.438. The van der Waals surface area contributed by atoms with Crippen molar-refractivity contribution < 1.29 is 27.6 Å². The molecule has 1 heterocycles. The summed E-state index contributed by atoms with van der Waals surface area (Å²) in [6.07, 6.45) is -0.144. The number of hydrogen-bond donors (Lipinski definition) is 3. The van der Waals surface area contributed by atoms with E-state index < -0.39 is 47.6 Å². The maximum Gasteiger partial charge on any atom is 0.243 e. The fraction of sp³-hybridized carbons (Fsp3) is 0.167. The van der Waals surface area contributed by atoms with Crippen molar-refractivity contribution in [2.24, 2.45) is 0 Å². The van der Waals surface area contributed by atoms with Crippen LogP contribution in [0.2, 0.25) is 0 Å². The molecule has 0 spiro atoms. The zero-order chi connectivity index (χ0) is 19.6. The maximum atomic E-state index is 13.3. The third-order valence-electron chi connectivity index (χ3n) is 4.00. The Morgan fingerprint density at radius 3 is 2.59 bits per heavy atom. The highest BCUT2D eigenvalue weighted by Gasteiger charge is 2.31. The zero-order valence-corrected chi connectivity index (χ0v) is 13.8. The summed E-state index contributed by atoms with van der Waals surface area (Å²) in [5.41, 5.74) is 0.679. The molecular formula is C18H14F3N3O3. The van der Waals surface area contributed by atoms with Crippen molar-refractivity contribution in [3.05, 3.63) is 59.4 Å². The molecule has 2 aromatic rings. The number of amides is 3. The Morgan fingerprint density at radius 1 is 1.07 bits per heavy atom. The minimum atomic E-state index is -1.12. The molecule has 1 atom stereocenters. The van der Waals surface area contributed by atoms with E-state index in [9.17, 15) is 27.6 Å². The molecule has 0 saturated carbocycles. The Hall–Kier alpha value is -3.36. The smallest absolute Gasteiger partial charge is 0.243 e. The van der Waals surface area contributed by atoms with E-state index in [0.29, 0.717) is 5.56 Å². The van der Waals surface area contributed by atoms with Gasteiger partial charge in [-0.3, -0.25) is 14.4 Å². The first-order valence-corrected chi connectivity index (χ1v) is 7.95. The third-order valence-corrected chi connectivity index (χ3v) is 4.00. The number of nitrogens with one attached hydrogen (secondary N) is 3. The Kier molecular flexibility index (Phi) is 5.11. The Morgan fingerprint density at radius 2 is 1.85 bits per heavy atom. The van der Waals surface area contributed by atoms with Gasteiger partial charge in [0.15, 0.2) is 11.6 Å². The van der Waals surface area contributed by atoms with Crippen LogP contribution < -0.4 is 16.0 Å². The summed E-state index contributed by atoms with van der Waals surface area (Å²) in [7, 11) is 0. The summed E-state index contributed by atoms with van der Waals surface area (Å²) in [5.74, 6) is -5.28. The van der Waals surface area contributed by atoms with Gasteiger partial charge in [-0.25, -0.2) is 13.2 Å². The van der Waals surface area contributed by atoms with Gasteiger partial charge in [0.1, 0.15) is 5.82 Å². The Balaban J connectivity index is 1.63. The second-order valence-corrected chi connectivity index (χ2v) is 5.93. The van der Waals surface area contributed by atoms with E-state index in [1.807, 2.05) is 0 Å². The number of anilines is 2. The van der Waals surface area contributed by atoms with Gasteiger partial charge in [-0.15, -0.1) is 0 Å². The molecule has 0 aromatic heterocycles. The Bertz CT molecular complexity index is 933. The number of fused-ring (bicyclic) bond motifs is 1. The van der Waals surface area contributed by atoms with E-state index >= 15 is 0 Å². The molecule has 9 heteroatoms. The van der Waals surface area contributed by atoms with Gasteiger partial charge in [-0.05, 0) is 29.8 Å². The molecule has 1 aliphatic rings. The van der Waals surface area contributed by atoms with Crippen LogP contribution >= 0.6 is 0 Å². The maximum absolute atomic E-state index is 13.3. The Labute approximate surface area is 151 Å². The number of rotatable bonds is 4. The van der Waals surface area contributed by atoms with Gasteiger partial charge in [0, 0.05) is 23.9 Å². The van der Waals surface area contributed by atoms with Crippen LogP contribution in [-0.4, -0.2) is 24.3 Å². The lowest BCUT2D eigenvalue weighted by molar-refractivity contribution is -0.127. The minimum Gasteiger partial charge on any atom is -0.346 e. The number of carbonyl (C=O) groups excluding carboxylic acids is 3. The molecule has 2 aromatic carbocycles. The topological polar surface area (TPSA) is 87.3 Å². The second-order valence-electron chi connectivity index (χ2n) is 5.93. The lowest BCUT2D eigenvalue weighted by atomic mass is 9.89. The predicted octanol–water partition coefficient (Wildman–Crippen LogP) is 2.28. The second kappa shape index (κ2) is 7.48. The van der Waals surface area contributed by atoms with Crippen LogP contribution in [0.1, 0.15) is 17.9 Å². The standard InChI is InChI=1S/C18H14F3N3O3/c19-9-1-3-11-12(7-16(25)24-15(11)5-9)18(27)22-8-17(26)23-10-2-4-13(20)14(21)6-10/h1-6,12H,7-8H2,(H,22,27)(H,23,26)(H,24,25). The molecule has 0 radical (unpaired) electrons. The van der Waals surface area contributed by atoms with Gasteiger partial charge in [0.25, 0.3) is 0 Å². The first-order valence-electron chi connectivity index (χ1n) is 7.95. The van der Waals surface area contributed by atoms with Crippen LogP contribution in [0.4, 0.5) is 24.5 Å². The van der Waals surface area contributed by atoms with Gasteiger partial charge >= 0.3 is 0 Å². The lowest BCUT2D eigenvalue weighted by Gasteiger charge is -2.24. The van der Waals surface area contributed by atoms with E-state index in [1.165, 1.54) is 18.2 Å². The van der Waals surface area contributed by atoms with E-state index in [0.717, 1.165) is 18.2 Å². The molecule has 3 rings (SSSR count). The number of carbonyl (C=O) groups is 3. The van der Waals surface area contributed by atoms with Crippen LogP contribution in [0.25, 0.3) is 0 Å². The van der Waals surface area contributed by atoms with Crippen LogP contribution in [-0.2, 0) is 14.4 Å². The molecule has 3 amide bonds. The van der Waals surface area contributed by atoms with Gasteiger partial charge in [0.2, 0.25) is 17.7 Å². The van der Waals surface area contributed by atoms with Crippen LogP contribution in [0.15, 0.2) is 36.4 Å². The molecule has 0 saturated heterocycles. The highest BCUT2D eigenvalue weighted by atomic mass is 19.2. The normalized spacial score (nSPS) is 15.5. The van der Waals surface area contributed by atoms with Crippen molar-refractivity contribution >= 4 is 29.1 Å². The molecule has 1 unspecified atom stereocenters. The molecule has 27 heavy (non-hydrogen) atoms. The van der Waals surface area contributed by atoms with Crippen molar-refractivity contribution in [1.29, 1.82) is 0 Å². The summed E-state index contributed by atoms with van der Waals surface area (Å²) in [5, 5.41) is 7.18. The van der Waals surface area contributed by atoms with Gasteiger partial charge in [-0.1, -0.05) is 6.07 Å². The first-order chi connectivity index (χ1) is 12.8. The van der Waals surface area contributed by atoms with Crippen LogP contribution in [0, 0.1) is 17.5 Å². The summed E-state index contributed by atoms with van der Waals surface area (Å²) in [4.78, 5) is 36.0. The number of hydrogen-bond acceptors (Lipinski definition) is 3. The fourth-order valence-corrected chi connectivity index (χ4v) is 2.74. The zero-order valence-electron chi connectivity index (χ0n) is 13.8. The van der Waals surface area contributed by atoms with Gasteiger partial charge in [0.05, 0.1) is 12.5 Å². The summed E-state index contributed by atoms with van der Waals surface area (Å²) < 4.78 is 39.3. The largest absolute Gasteiger partial charge is 0.346 e. The first kappa shape index (κ1) is 18.4. The monoisotopic (exact) mass is 377 g/mol. The van der Waals surface area contributed by atoms with Gasteiger partial charge in [-0.2, -0.15) is 0 Å². The third kappa shape index (κ3) is 4.25. The molecule has 1 aliphatic heterocycles. The van der Waals surface area contributed by atoms with Crippen LogP contribution in [0.3, 0.4) is 0 Å². The molecule has 3 N–H and O–H groups in total. The number of benzene rings is 2. The van der Waals surface area contributed by atoms with E-state index in [2.05, 4.69) is 16.0 Å². The average molecular weight is 377 g/mol. The van der Waals surface area contributed by atoms with Gasteiger partial charge < -0.3 is 16.0 Å². The molecular weight excluding hydrogens is 363 g/mol. The molecule has 0 bridgehead atoms. The van der Waals surface area contributed by atoms with E-state index in [4.69, 9.17) is 0 Å². The van der Waals surface area contributed by atoms with E-state index in [-0.39, 0.29) is 17.8 Å². The fourth-order valence-electron chi connectivity index (χ4n) is 2.74. The van der Waals surface area contributed by atoms with Crippen LogP contribution in [0.5, 0.6) is 0 Å². The molecule has 140 valence electrons. The molecule has 0 fully saturated rings. The minimum absolute atomic E-state index is 0.0333. The molecule has 0 aliphatic carbocycles. The highest BCUT2D eigenvalue weighted by molar-refractivity contribution is 6.02. The molecule has 6 nitrogen and oxygen atoms in total. The lowest BCUT2D eigenvalue weighted by Crippen LogP contribution is -2.39. The summed E-state index contributed by atoms with van der Waals surface area (Å²) >= 11 is 0. The highest BCUT2D eigenvalue weighted by Crippen LogP contribution is 2.32. The van der Waals surface area contributed by atoms with Crippen molar-refractivity contribution in [3.63, 3.8) is 0 Å². The van der Waals surface area contributed by atoms with Crippen molar-refractivity contribution in [1.82, 2.24) is 5.32 Å². The van der Waals surface area contributed by atoms with Crippen molar-refractivity contribution in [3.8, 4) is 0 Å². The van der Waals surface area contributed by atoms with Crippen molar-refractivity contribution in [2.75, 3.05) is 17.2 Å². The quantitative estimate of drug-likeness (QED) is 0.764. The summed E-state index contributed by atoms with van der Waals surface area (Å²) in [6, 6.07) is 6.53. The number of halogens is 3. The predicted molar refractivity (Wildman–Crippen MR) is 90.4 cm³/mol. The average Bonchev–Trinajstić information content (AvgIpc) is 2.61. The SMILES string of the molecule is O=C(CNC(=O)C1CC(=O)Nc2cc(F)ccc21)Nc1ccc(F)c(F)c1. The van der Waals surface area contributed by atoms with E-state index in [1.54, 1.807) is 0 Å².